The number of hydrogen-bond acceptors (Lipinski definition) is 4. The summed E-state index contributed by atoms with van der Waals surface area (Å²) in [5, 5.41) is 3.15. The van der Waals surface area contributed by atoms with Crippen molar-refractivity contribution in [2.75, 3.05) is 26.4 Å². The highest BCUT2D eigenvalue weighted by Crippen LogP contribution is 2.30. The summed E-state index contributed by atoms with van der Waals surface area (Å²) in [6.07, 6.45) is -1.61. The van der Waals surface area contributed by atoms with Gasteiger partial charge in [0.15, 0.2) is 0 Å². The number of amides is 1. The standard InChI is InChI=1S/C37H39F3N2O3/c38-37(39,40)31-17-11-16-30(22-31)25-42-20-9-10-21-44-26-32(23-28-12-3-1-4-13-28)41-36(43)34-18-7-8-19-35(34)45-27-33(42)24-29-14-5-2-6-15-29/h1-8,11-19,22,32-33H,9-10,20-21,23-27H2,(H,41,43)/t32-,33-/m0/s1. The molecule has 236 valence electrons. The maximum atomic E-state index is 13.6. The molecule has 8 heteroatoms. The molecule has 0 fully saturated rings. The van der Waals surface area contributed by atoms with Gasteiger partial charge in [-0.2, -0.15) is 13.2 Å². The van der Waals surface area contributed by atoms with Gasteiger partial charge in [0.2, 0.25) is 0 Å². The van der Waals surface area contributed by atoms with Crippen LogP contribution in [-0.2, 0) is 30.3 Å². The van der Waals surface area contributed by atoms with Crippen LogP contribution >= 0.6 is 0 Å². The van der Waals surface area contributed by atoms with E-state index in [1.807, 2.05) is 66.7 Å². The van der Waals surface area contributed by atoms with Crippen LogP contribution in [0.2, 0.25) is 0 Å². The highest BCUT2D eigenvalue weighted by Gasteiger charge is 2.31. The van der Waals surface area contributed by atoms with E-state index in [1.54, 1.807) is 24.3 Å². The van der Waals surface area contributed by atoms with Crippen molar-refractivity contribution in [1.82, 2.24) is 10.2 Å². The molecule has 0 saturated carbocycles. The van der Waals surface area contributed by atoms with Crippen molar-refractivity contribution in [3.8, 4) is 5.75 Å². The lowest BCUT2D eigenvalue weighted by atomic mass is 10.0. The van der Waals surface area contributed by atoms with Crippen molar-refractivity contribution in [3.63, 3.8) is 0 Å². The summed E-state index contributed by atoms with van der Waals surface area (Å²) in [5.41, 5.74) is 2.54. The molecule has 0 unspecified atom stereocenters. The van der Waals surface area contributed by atoms with Gasteiger partial charge in [0.05, 0.1) is 23.8 Å². The Bertz CT molecular complexity index is 1500. The fourth-order valence-electron chi connectivity index (χ4n) is 5.67. The van der Waals surface area contributed by atoms with E-state index in [2.05, 4.69) is 10.2 Å². The molecule has 0 saturated heterocycles. The van der Waals surface area contributed by atoms with Crippen LogP contribution in [0.3, 0.4) is 0 Å². The average molecular weight is 617 g/mol. The van der Waals surface area contributed by atoms with Gasteiger partial charge in [-0.15, -0.1) is 0 Å². The van der Waals surface area contributed by atoms with Gasteiger partial charge in [-0.3, -0.25) is 9.69 Å². The van der Waals surface area contributed by atoms with Gasteiger partial charge in [-0.05, 0) is 67.1 Å². The number of halogens is 3. The van der Waals surface area contributed by atoms with Crippen molar-refractivity contribution in [1.29, 1.82) is 0 Å². The molecule has 0 aliphatic carbocycles. The summed E-state index contributed by atoms with van der Waals surface area (Å²) in [4.78, 5) is 15.8. The molecule has 1 aliphatic rings. The number of carbonyl (C=O) groups is 1. The number of fused-ring (bicyclic) bond motifs is 1. The molecule has 0 bridgehead atoms. The first kappa shape index (κ1) is 32.3. The minimum Gasteiger partial charge on any atom is -0.491 e. The molecule has 0 spiro atoms. The molecule has 1 amide bonds. The van der Waals surface area contributed by atoms with E-state index in [9.17, 15) is 18.0 Å². The van der Waals surface area contributed by atoms with Gasteiger partial charge >= 0.3 is 6.18 Å². The second-order valence-electron chi connectivity index (χ2n) is 11.5. The summed E-state index contributed by atoms with van der Waals surface area (Å²) < 4.78 is 53.2. The average Bonchev–Trinajstić information content (AvgIpc) is 3.05. The Kier molecular flexibility index (Phi) is 11.3. The molecule has 5 rings (SSSR count). The lowest BCUT2D eigenvalue weighted by Gasteiger charge is -2.32. The highest BCUT2D eigenvalue weighted by molar-refractivity contribution is 5.97. The monoisotopic (exact) mass is 616 g/mol. The smallest absolute Gasteiger partial charge is 0.416 e. The molecule has 1 aliphatic heterocycles. The molecular formula is C37H39F3N2O3. The van der Waals surface area contributed by atoms with Crippen LogP contribution in [0.15, 0.2) is 109 Å². The van der Waals surface area contributed by atoms with Crippen LogP contribution in [0, 0.1) is 0 Å². The quantitative estimate of drug-likeness (QED) is 0.246. The number of carbonyl (C=O) groups excluding carboxylic acids is 1. The molecule has 0 radical (unpaired) electrons. The first-order valence-corrected chi connectivity index (χ1v) is 15.4. The predicted molar refractivity (Wildman–Crippen MR) is 169 cm³/mol. The van der Waals surface area contributed by atoms with E-state index in [0.29, 0.717) is 56.0 Å². The van der Waals surface area contributed by atoms with Gasteiger partial charge in [0, 0.05) is 19.2 Å². The molecule has 1 N–H and O–H groups in total. The maximum Gasteiger partial charge on any atom is 0.416 e. The van der Waals surface area contributed by atoms with E-state index in [4.69, 9.17) is 9.47 Å². The molecule has 45 heavy (non-hydrogen) atoms. The zero-order valence-corrected chi connectivity index (χ0v) is 25.2. The predicted octanol–water partition coefficient (Wildman–Crippen LogP) is 7.35. The minimum absolute atomic E-state index is 0.171. The summed E-state index contributed by atoms with van der Waals surface area (Å²) in [7, 11) is 0. The number of nitrogens with zero attached hydrogens (tertiary/aromatic N) is 1. The van der Waals surface area contributed by atoms with Crippen LogP contribution in [0.4, 0.5) is 13.2 Å². The van der Waals surface area contributed by atoms with Crippen molar-refractivity contribution in [2.24, 2.45) is 0 Å². The van der Waals surface area contributed by atoms with Crippen LogP contribution in [-0.4, -0.2) is 49.3 Å². The third-order valence-electron chi connectivity index (χ3n) is 8.00. The summed E-state index contributed by atoms with van der Waals surface area (Å²) >= 11 is 0. The SMILES string of the molecule is O=C1N[C@@H](Cc2ccccc2)COCCCCN(Cc2cccc(C(F)(F)F)c2)[C@@H](Cc2ccccc2)COc2ccccc21. The van der Waals surface area contributed by atoms with Crippen LogP contribution in [0.1, 0.15) is 45.5 Å². The number of rotatable bonds is 6. The number of hydrogen-bond donors (Lipinski definition) is 1. The normalized spacial score (nSPS) is 19.0. The molecule has 5 nitrogen and oxygen atoms in total. The Balaban J connectivity index is 1.42. The molecule has 2 atom stereocenters. The van der Waals surface area contributed by atoms with Gasteiger partial charge < -0.3 is 14.8 Å². The molecule has 4 aromatic carbocycles. The molecule has 0 aromatic heterocycles. The Morgan fingerprint density at radius 1 is 0.756 bits per heavy atom. The van der Waals surface area contributed by atoms with Crippen LogP contribution in [0.5, 0.6) is 5.75 Å². The zero-order valence-electron chi connectivity index (χ0n) is 25.2. The van der Waals surface area contributed by atoms with Crippen LogP contribution in [0.25, 0.3) is 0 Å². The van der Waals surface area contributed by atoms with Crippen molar-refractivity contribution < 1.29 is 27.4 Å². The fourth-order valence-corrected chi connectivity index (χ4v) is 5.67. The number of ether oxygens (including phenoxy) is 2. The molecule has 1 heterocycles. The van der Waals surface area contributed by atoms with E-state index < -0.39 is 11.7 Å². The second-order valence-corrected chi connectivity index (χ2v) is 11.5. The summed E-state index contributed by atoms with van der Waals surface area (Å²) in [5.74, 6) is 0.215. The lowest BCUT2D eigenvalue weighted by molar-refractivity contribution is -0.137. The minimum atomic E-state index is -4.42. The Morgan fingerprint density at radius 3 is 2.16 bits per heavy atom. The molecular weight excluding hydrogens is 577 g/mol. The molecule has 4 aromatic rings. The third-order valence-corrected chi connectivity index (χ3v) is 8.00. The van der Waals surface area contributed by atoms with Crippen LogP contribution < -0.4 is 10.1 Å². The number of nitrogens with one attached hydrogen (secondary N) is 1. The topological polar surface area (TPSA) is 50.8 Å². The maximum absolute atomic E-state index is 13.6. The van der Waals surface area contributed by atoms with E-state index in [1.165, 1.54) is 12.1 Å². The zero-order chi connectivity index (χ0) is 31.5. The number of benzene rings is 4. The van der Waals surface area contributed by atoms with E-state index >= 15 is 0 Å². The third kappa shape index (κ3) is 9.67. The summed E-state index contributed by atoms with van der Waals surface area (Å²) in [6.45, 7) is 2.09. The van der Waals surface area contributed by atoms with Gasteiger partial charge in [0.25, 0.3) is 5.91 Å². The van der Waals surface area contributed by atoms with Gasteiger partial charge in [-0.1, -0.05) is 91.0 Å². The second kappa shape index (κ2) is 15.7. The fraction of sp³-hybridized carbons (Fsp3) is 0.324. The van der Waals surface area contributed by atoms with Crippen molar-refractivity contribution in [2.45, 2.75) is 50.5 Å². The number of alkyl halides is 3. The Hall–Kier alpha value is -4.14. The first-order valence-electron chi connectivity index (χ1n) is 15.4. The van der Waals surface area contributed by atoms with E-state index in [-0.39, 0.29) is 24.6 Å². The Labute approximate surface area is 263 Å². The van der Waals surface area contributed by atoms with E-state index in [0.717, 1.165) is 30.0 Å². The number of para-hydroxylation sites is 1. The Morgan fingerprint density at radius 2 is 1.42 bits per heavy atom. The van der Waals surface area contributed by atoms with Gasteiger partial charge in [0.1, 0.15) is 12.4 Å². The lowest BCUT2D eigenvalue weighted by Crippen LogP contribution is -2.41. The van der Waals surface area contributed by atoms with Crippen molar-refractivity contribution in [3.05, 3.63) is 137 Å². The first-order chi connectivity index (χ1) is 21.8. The van der Waals surface area contributed by atoms with Crippen molar-refractivity contribution >= 4 is 5.91 Å². The highest BCUT2D eigenvalue weighted by atomic mass is 19.4. The summed E-state index contributed by atoms with van der Waals surface area (Å²) in [6, 6.07) is 32.3. The van der Waals surface area contributed by atoms with Gasteiger partial charge in [-0.25, -0.2) is 0 Å². The largest absolute Gasteiger partial charge is 0.491 e.